The fourth-order valence-electron chi connectivity index (χ4n) is 0. The molecule has 0 atom stereocenters. The third kappa shape index (κ3) is 9.43. The predicted octanol–water partition coefficient (Wildman–Crippen LogP) is -0.772. The van der Waals surface area contributed by atoms with Crippen molar-refractivity contribution in [2.75, 3.05) is 0 Å². The van der Waals surface area contributed by atoms with E-state index in [1.165, 1.54) is 0 Å². The summed E-state index contributed by atoms with van der Waals surface area (Å²) in [6, 6.07) is 0. The van der Waals surface area contributed by atoms with Crippen LogP contribution in [0, 0.1) is 0 Å². The molecule has 0 amide bonds. The van der Waals surface area contributed by atoms with E-state index in [2.05, 4.69) is 0 Å². The second-order valence-corrected chi connectivity index (χ2v) is 0. The SMILES string of the molecule is [O]=[AlH].[Pt].[Ru]. The minimum Gasteiger partial charge on any atom is 0 e. The summed E-state index contributed by atoms with van der Waals surface area (Å²) in [6.07, 6.45) is 0. The molecule has 0 spiro atoms. The van der Waals surface area contributed by atoms with Gasteiger partial charge in [-0.1, -0.05) is 0 Å². The van der Waals surface area contributed by atoms with Gasteiger partial charge in [-0.15, -0.1) is 0 Å². The van der Waals surface area contributed by atoms with Gasteiger partial charge in [-0.2, -0.15) is 0 Å². The van der Waals surface area contributed by atoms with E-state index in [9.17, 15) is 0 Å². The van der Waals surface area contributed by atoms with Gasteiger partial charge in [-0.25, -0.2) is 0 Å². The van der Waals surface area contributed by atoms with Crippen LogP contribution in [0.5, 0.6) is 0 Å². The molecule has 28 valence electrons. The summed E-state index contributed by atoms with van der Waals surface area (Å²) < 4.78 is 8.28. The van der Waals surface area contributed by atoms with E-state index in [0.717, 1.165) is 0 Å². The van der Waals surface area contributed by atoms with Crippen molar-refractivity contribution < 1.29 is 44.3 Å². The van der Waals surface area contributed by atoms with Crippen molar-refractivity contribution in [2.24, 2.45) is 0 Å². The van der Waals surface area contributed by atoms with Gasteiger partial charge in [0.25, 0.3) is 0 Å². The molecule has 0 saturated heterocycles. The molecule has 4 heteroatoms. The molecule has 4 heavy (non-hydrogen) atoms. The van der Waals surface area contributed by atoms with Gasteiger partial charge in [0, 0.05) is 40.5 Å². The van der Waals surface area contributed by atoms with E-state index in [1.807, 2.05) is 0 Å². The first-order valence-corrected chi connectivity index (χ1v) is 0.866. The molecule has 0 aliphatic heterocycles. The van der Waals surface area contributed by atoms with Gasteiger partial charge < -0.3 is 0 Å². The third-order valence-electron chi connectivity index (χ3n) is 0. The largest absolute Gasteiger partial charge is 0 e. The maximum atomic E-state index is 8.28. The Hall–Kier alpha value is 1.64. The second-order valence-electron chi connectivity index (χ2n) is 0. The molecule has 0 fully saturated rings. The first kappa shape index (κ1) is 17.4. The van der Waals surface area contributed by atoms with E-state index >= 15 is 0 Å². The van der Waals surface area contributed by atoms with Crippen molar-refractivity contribution in [1.82, 2.24) is 0 Å². The fraction of sp³-hybridized carbons (Fsp3) is 0. The Bertz CT molecular complexity index is 8.00. The standard InChI is InChI=1S/Al.O.Pt.Ru.H. The zero-order valence-corrected chi connectivity index (χ0v) is 7.21. The Morgan fingerprint density at radius 3 is 1.25 bits per heavy atom. The van der Waals surface area contributed by atoms with Crippen molar-refractivity contribution in [3.05, 3.63) is 0 Å². The molecule has 0 bridgehead atoms. The zero-order valence-electron chi connectivity index (χ0n) is 1.79. The van der Waals surface area contributed by atoms with Gasteiger partial charge in [-0.05, 0) is 0 Å². The summed E-state index contributed by atoms with van der Waals surface area (Å²) in [6.45, 7) is 0. The van der Waals surface area contributed by atoms with Crippen LogP contribution in [-0.4, -0.2) is 16.2 Å². The fourth-order valence-corrected chi connectivity index (χ4v) is 0. The Morgan fingerprint density at radius 1 is 1.25 bits per heavy atom. The Morgan fingerprint density at radius 2 is 1.25 bits per heavy atom. The summed E-state index contributed by atoms with van der Waals surface area (Å²) in [5, 5.41) is 0. The summed E-state index contributed by atoms with van der Waals surface area (Å²) in [7, 11) is 0. The predicted molar refractivity (Wildman–Crippen MR) is 7.84 cm³/mol. The van der Waals surface area contributed by atoms with Crippen LogP contribution in [-0.2, 0) is 44.3 Å². The van der Waals surface area contributed by atoms with Crippen molar-refractivity contribution in [2.45, 2.75) is 0 Å². The van der Waals surface area contributed by atoms with Crippen LogP contribution in [0.2, 0.25) is 0 Å². The summed E-state index contributed by atoms with van der Waals surface area (Å²) in [5.41, 5.74) is 0. The first-order valence-electron chi connectivity index (χ1n) is 0.289. The molecule has 0 rings (SSSR count). The van der Waals surface area contributed by atoms with Crippen LogP contribution < -0.4 is 0 Å². The molecule has 1 nitrogen and oxygen atoms in total. The van der Waals surface area contributed by atoms with Gasteiger partial charge in [0.1, 0.15) is 0 Å². The maximum absolute atomic E-state index is 8.28. The van der Waals surface area contributed by atoms with Gasteiger partial charge in [0.05, 0.1) is 0 Å². The van der Waals surface area contributed by atoms with E-state index in [0.29, 0.717) is 16.2 Å². The molecule has 0 aliphatic carbocycles. The van der Waals surface area contributed by atoms with Crippen molar-refractivity contribution in [3.8, 4) is 0 Å². The topological polar surface area (TPSA) is 17.1 Å². The first-order chi connectivity index (χ1) is 1.00. The average Bonchev–Trinajstić information content (AvgIpc) is 1.00. The van der Waals surface area contributed by atoms with Crippen molar-refractivity contribution >= 4 is 16.2 Å². The smallest absolute Gasteiger partial charge is 0 e. The number of rotatable bonds is 0. The van der Waals surface area contributed by atoms with Gasteiger partial charge in [0.2, 0.25) is 0 Å². The minimum absolute atomic E-state index is 0. The monoisotopic (exact) mass is 341 g/mol. The Labute approximate surface area is 60.2 Å². The summed E-state index contributed by atoms with van der Waals surface area (Å²) >= 11 is 0.611. The van der Waals surface area contributed by atoms with Gasteiger partial charge in [-0.3, -0.25) is 0 Å². The van der Waals surface area contributed by atoms with Crippen LogP contribution in [0.1, 0.15) is 0 Å². The normalized spacial score (nSPS) is 0.750. The van der Waals surface area contributed by atoms with Crippen LogP contribution in [0.25, 0.3) is 0 Å². The van der Waals surface area contributed by atoms with E-state index < -0.39 is 0 Å². The van der Waals surface area contributed by atoms with Crippen LogP contribution in [0.15, 0.2) is 0 Å². The molecule has 0 radical (unpaired) electrons. The molecule has 0 aromatic rings. The van der Waals surface area contributed by atoms with E-state index in [-0.39, 0.29) is 40.5 Å². The molecular weight excluding hydrogens is 339 g/mol. The molecule has 0 aromatic heterocycles. The molecule has 0 N–H and O–H groups in total. The van der Waals surface area contributed by atoms with Gasteiger partial charge in [0.15, 0.2) is 0 Å². The third-order valence-corrected chi connectivity index (χ3v) is 0. The molecule has 0 heterocycles. The number of hydrogen-bond acceptors (Lipinski definition) is 1. The molecular formula is HAlOPtRu. The van der Waals surface area contributed by atoms with E-state index in [4.69, 9.17) is 3.80 Å². The second kappa shape index (κ2) is 22.8. The zero-order chi connectivity index (χ0) is 2.00. The van der Waals surface area contributed by atoms with Gasteiger partial charge >= 0.3 is 20.0 Å². The quantitative estimate of drug-likeness (QED) is 0.530. The molecule has 0 aliphatic rings. The molecule has 0 saturated carbocycles. The van der Waals surface area contributed by atoms with Crippen LogP contribution >= 0.6 is 0 Å². The minimum atomic E-state index is 0. The maximum Gasteiger partial charge on any atom is 0 e. The van der Waals surface area contributed by atoms with E-state index in [1.54, 1.807) is 0 Å². The van der Waals surface area contributed by atoms with Crippen molar-refractivity contribution in [1.29, 1.82) is 0 Å². The average molecular weight is 340 g/mol. The molecule has 0 unspecified atom stereocenters. The van der Waals surface area contributed by atoms with Crippen molar-refractivity contribution in [3.63, 3.8) is 0 Å². The Balaban J connectivity index is -0.00000000500. The van der Waals surface area contributed by atoms with Crippen LogP contribution in [0.4, 0.5) is 0 Å². The summed E-state index contributed by atoms with van der Waals surface area (Å²) in [4.78, 5) is 0. The molecule has 0 aromatic carbocycles. The van der Waals surface area contributed by atoms with Crippen LogP contribution in [0.3, 0.4) is 0 Å². The Kier molecular flexibility index (Phi) is 99.3. The summed E-state index contributed by atoms with van der Waals surface area (Å²) in [5.74, 6) is 0. The number of hydrogen-bond donors (Lipinski definition) is 0.